The standard InChI is InChI=1S/C9H17N.C7H7FO/c1-3-5-6-7-9(4-2)8-10;8-7-3-1-6(5-9)2-4-7/h5-7H,3-4,8,10H2,1-2H3;1-4,9H,5H2/b6-5-,9-7+;. The van der Waals surface area contributed by atoms with Crippen LogP contribution in [0.2, 0.25) is 0 Å². The zero-order valence-corrected chi connectivity index (χ0v) is 11.8. The smallest absolute Gasteiger partial charge is 0.123 e. The summed E-state index contributed by atoms with van der Waals surface area (Å²) in [6, 6.07) is 5.75. The second kappa shape index (κ2) is 11.6. The molecule has 3 N–H and O–H groups in total. The van der Waals surface area contributed by atoms with Crippen LogP contribution in [-0.2, 0) is 6.61 Å². The summed E-state index contributed by atoms with van der Waals surface area (Å²) in [6.07, 6.45) is 8.46. The van der Waals surface area contributed by atoms with Crippen molar-refractivity contribution in [3.8, 4) is 0 Å². The number of aliphatic hydroxyl groups excluding tert-OH is 1. The van der Waals surface area contributed by atoms with E-state index < -0.39 is 0 Å². The first kappa shape index (κ1) is 17.6. The quantitative estimate of drug-likeness (QED) is 0.800. The van der Waals surface area contributed by atoms with E-state index in [1.165, 1.54) is 17.7 Å². The molecule has 0 bridgehead atoms. The van der Waals surface area contributed by atoms with Gasteiger partial charge in [-0.2, -0.15) is 0 Å². The summed E-state index contributed by atoms with van der Waals surface area (Å²) in [5.41, 5.74) is 7.51. The van der Waals surface area contributed by atoms with Crippen molar-refractivity contribution in [3.63, 3.8) is 0 Å². The van der Waals surface area contributed by atoms with Crippen LogP contribution in [0.15, 0.2) is 48.1 Å². The fraction of sp³-hybridized carbons (Fsp3) is 0.375. The SMILES string of the molecule is CC/C=C\C=C(/CC)CN.OCc1ccc(F)cc1. The topological polar surface area (TPSA) is 46.2 Å². The first-order valence-electron chi connectivity index (χ1n) is 6.57. The Bertz CT molecular complexity index is 376. The Morgan fingerprint density at radius 1 is 1.26 bits per heavy atom. The van der Waals surface area contributed by atoms with Gasteiger partial charge in [-0.05, 0) is 30.5 Å². The summed E-state index contributed by atoms with van der Waals surface area (Å²) in [7, 11) is 0. The van der Waals surface area contributed by atoms with Gasteiger partial charge in [0.25, 0.3) is 0 Å². The third-order valence-electron chi connectivity index (χ3n) is 2.52. The Kier molecular flexibility index (Phi) is 10.7. The molecule has 1 aromatic rings. The Balaban J connectivity index is 0.000000342. The van der Waals surface area contributed by atoms with Crippen molar-refractivity contribution in [1.82, 2.24) is 0 Å². The number of aliphatic hydroxyl groups is 1. The molecule has 2 nitrogen and oxygen atoms in total. The van der Waals surface area contributed by atoms with Crippen LogP contribution in [-0.4, -0.2) is 11.7 Å². The summed E-state index contributed by atoms with van der Waals surface area (Å²) >= 11 is 0. The van der Waals surface area contributed by atoms with Gasteiger partial charge in [0, 0.05) is 6.54 Å². The summed E-state index contributed by atoms with van der Waals surface area (Å²) in [5, 5.41) is 8.51. The number of nitrogens with two attached hydrogens (primary N) is 1. The Morgan fingerprint density at radius 3 is 2.32 bits per heavy atom. The van der Waals surface area contributed by atoms with Crippen LogP contribution in [0.5, 0.6) is 0 Å². The predicted octanol–water partition coefficient (Wildman–Crippen LogP) is 3.57. The van der Waals surface area contributed by atoms with E-state index in [1.54, 1.807) is 12.1 Å². The molecule has 0 aliphatic heterocycles. The molecule has 0 fully saturated rings. The largest absolute Gasteiger partial charge is 0.392 e. The lowest BCUT2D eigenvalue weighted by Crippen LogP contribution is -2.01. The molecule has 19 heavy (non-hydrogen) atoms. The first-order valence-corrected chi connectivity index (χ1v) is 6.57. The lowest BCUT2D eigenvalue weighted by Gasteiger charge is -1.94. The number of rotatable bonds is 5. The second-order valence-electron chi connectivity index (χ2n) is 4.00. The molecule has 0 heterocycles. The van der Waals surface area contributed by atoms with Crippen molar-refractivity contribution in [2.75, 3.05) is 6.54 Å². The van der Waals surface area contributed by atoms with Crippen LogP contribution in [0.1, 0.15) is 32.3 Å². The van der Waals surface area contributed by atoms with E-state index >= 15 is 0 Å². The van der Waals surface area contributed by atoms with Crippen LogP contribution in [0.25, 0.3) is 0 Å². The molecule has 1 aromatic carbocycles. The van der Waals surface area contributed by atoms with E-state index in [0.29, 0.717) is 6.54 Å². The zero-order chi connectivity index (χ0) is 14.5. The highest BCUT2D eigenvalue weighted by Gasteiger charge is 1.88. The zero-order valence-electron chi connectivity index (χ0n) is 11.8. The summed E-state index contributed by atoms with van der Waals surface area (Å²) in [4.78, 5) is 0. The molecule has 3 heteroatoms. The van der Waals surface area contributed by atoms with E-state index in [4.69, 9.17) is 10.8 Å². The summed E-state index contributed by atoms with van der Waals surface area (Å²) in [6.45, 7) is 4.90. The molecule has 0 unspecified atom stereocenters. The molecule has 106 valence electrons. The average molecular weight is 265 g/mol. The van der Waals surface area contributed by atoms with Crippen LogP contribution < -0.4 is 5.73 Å². The minimum atomic E-state index is -0.271. The van der Waals surface area contributed by atoms with Gasteiger partial charge in [-0.15, -0.1) is 0 Å². The third-order valence-corrected chi connectivity index (χ3v) is 2.52. The molecule has 0 amide bonds. The lowest BCUT2D eigenvalue weighted by molar-refractivity contribution is 0.281. The van der Waals surface area contributed by atoms with E-state index in [9.17, 15) is 4.39 Å². The van der Waals surface area contributed by atoms with Gasteiger partial charge in [0.2, 0.25) is 0 Å². The van der Waals surface area contributed by atoms with Gasteiger partial charge in [-0.1, -0.05) is 49.8 Å². The van der Waals surface area contributed by atoms with Gasteiger partial charge in [-0.3, -0.25) is 0 Å². The predicted molar refractivity (Wildman–Crippen MR) is 79.2 cm³/mol. The van der Waals surface area contributed by atoms with Crippen LogP contribution in [0, 0.1) is 5.82 Å². The number of allylic oxidation sites excluding steroid dienone is 3. The van der Waals surface area contributed by atoms with Crippen LogP contribution in [0.4, 0.5) is 4.39 Å². The van der Waals surface area contributed by atoms with Crippen molar-refractivity contribution in [2.24, 2.45) is 5.73 Å². The molecule has 0 radical (unpaired) electrons. The molecule has 0 atom stereocenters. The fourth-order valence-corrected chi connectivity index (χ4v) is 1.26. The van der Waals surface area contributed by atoms with E-state index in [-0.39, 0.29) is 12.4 Å². The van der Waals surface area contributed by atoms with Crippen molar-refractivity contribution < 1.29 is 9.50 Å². The third kappa shape index (κ3) is 9.17. The molecule has 0 saturated heterocycles. The maximum absolute atomic E-state index is 12.1. The average Bonchev–Trinajstić information content (AvgIpc) is 2.45. The maximum Gasteiger partial charge on any atom is 0.123 e. The van der Waals surface area contributed by atoms with Gasteiger partial charge < -0.3 is 10.8 Å². The normalized spacial score (nSPS) is 11.3. The van der Waals surface area contributed by atoms with Crippen molar-refractivity contribution in [3.05, 3.63) is 59.4 Å². The molecule has 0 saturated carbocycles. The van der Waals surface area contributed by atoms with Crippen molar-refractivity contribution >= 4 is 0 Å². The van der Waals surface area contributed by atoms with Crippen molar-refractivity contribution in [1.29, 1.82) is 0 Å². The van der Waals surface area contributed by atoms with Gasteiger partial charge in [0.15, 0.2) is 0 Å². The molecular weight excluding hydrogens is 241 g/mol. The van der Waals surface area contributed by atoms with E-state index in [0.717, 1.165) is 18.4 Å². The highest BCUT2D eigenvalue weighted by molar-refractivity contribution is 5.14. The van der Waals surface area contributed by atoms with Gasteiger partial charge in [0.05, 0.1) is 6.61 Å². The van der Waals surface area contributed by atoms with Crippen LogP contribution >= 0.6 is 0 Å². The summed E-state index contributed by atoms with van der Waals surface area (Å²) in [5.74, 6) is -0.271. The number of hydrogen-bond acceptors (Lipinski definition) is 2. The molecular formula is C16H24FNO. The highest BCUT2D eigenvalue weighted by atomic mass is 19.1. The fourth-order valence-electron chi connectivity index (χ4n) is 1.26. The Labute approximate surface area is 115 Å². The Hall–Kier alpha value is -1.45. The molecule has 0 spiro atoms. The minimum absolute atomic E-state index is 0.0275. The molecule has 0 aliphatic carbocycles. The van der Waals surface area contributed by atoms with E-state index in [2.05, 4.69) is 32.1 Å². The second-order valence-corrected chi connectivity index (χ2v) is 4.00. The van der Waals surface area contributed by atoms with Gasteiger partial charge >= 0.3 is 0 Å². The number of hydrogen-bond donors (Lipinski definition) is 2. The van der Waals surface area contributed by atoms with Crippen LogP contribution in [0.3, 0.4) is 0 Å². The van der Waals surface area contributed by atoms with E-state index in [1.807, 2.05) is 0 Å². The highest BCUT2D eigenvalue weighted by Crippen LogP contribution is 2.01. The maximum atomic E-state index is 12.1. The molecule has 0 aliphatic rings. The lowest BCUT2D eigenvalue weighted by atomic mass is 10.2. The molecule has 1 rings (SSSR count). The first-order chi connectivity index (χ1) is 9.17. The van der Waals surface area contributed by atoms with Gasteiger partial charge in [-0.25, -0.2) is 4.39 Å². The van der Waals surface area contributed by atoms with Crippen molar-refractivity contribution in [2.45, 2.75) is 33.3 Å². The Morgan fingerprint density at radius 2 is 1.89 bits per heavy atom. The minimum Gasteiger partial charge on any atom is -0.392 e. The number of halogens is 1. The molecule has 0 aromatic heterocycles. The van der Waals surface area contributed by atoms with Gasteiger partial charge in [0.1, 0.15) is 5.82 Å². The monoisotopic (exact) mass is 265 g/mol. The number of benzene rings is 1. The summed E-state index contributed by atoms with van der Waals surface area (Å²) < 4.78 is 12.1.